The van der Waals surface area contributed by atoms with Crippen molar-refractivity contribution in [1.82, 2.24) is 0 Å². The molecule has 1 unspecified atom stereocenters. The Morgan fingerprint density at radius 1 is 1.12 bits per heavy atom. The van der Waals surface area contributed by atoms with E-state index in [1.54, 1.807) is 0 Å². The van der Waals surface area contributed by atoms with Crippen molar-refractivity contribution in [3.05, 3.63) is 0 Å². The molecular formula is C12H16F2O2. The molecule has 3 rings (SSSR count). The Morgan fingerprint density at radius 2 is 1.88 bits per heavy atom. The molecule has 4 heteroatoms. The lowest BCUT2D eigenvalue weighted by atomic mass is 9.80. The first-order valence-corrected chi connectivity index (χ1v) is 6.08. The third-order valence-corrected chi connectivity index (χ3v) is 4.49. The molecule has 0 bridgehead atoms. The first-order chi connectivity index (χ1) is 7.48. The zero-order valence-corrected chi connectivity index (χ0v) is 9.18. The maximum Gasteiger partial charge on any atom is 0.306 e. The van der Waals surface area contributed by atoms with Gasteiger partial charge >= 0.3 is 5.97 Å². The van der Waals surface area contributed by atoms with Crippen molar-refractivity contribution in [1.29, 1.82) is 0 Å². The van der Waals surface area contributed by atoms with Gasteiger partial charge in [-0.3, -0.25) is 4.79 Å². The first kappa shape index (κ1) is 10.5. The second-order valence-electron chi connectivity index (χ2n) is 5.68. The maximum atomic E-state index is 13.3. The molecule has 0 N–H and O–H groups in total. The van der Waals surface area contributed by atoms with E-state index in [1.807, 2.05) is 0 Å². The topological polar surface area (TPSA) is 26.3 Å². The van der Waals surface area contributed by atoms with Crippen molar-refractivity contribution in [2.24, 2.45) is 11.8 Å². The smallest absolute Gasteiger partial charge is 0.306 e. The highest BCUT2D eigenvalue weighted by atomic mass is 19.3. The lowest BCUT2D eigenvalue weighted by molar-refractivity contribution is -0.148. The molecule has 1 spiro atoms. The highest BCUT2D eigenvalue weighted by molar-refractivity contribution is 5.72. The number of halogens is 2. The van der Waals surface area contributed by atoms with Crippen LogP contribution in [0.15, 0.2) is 0 Å². The number of carbonyl (C=O) groups is 1. The Morgan fingerprint density at radius 3 is 2.56 bits per heavy atom. The summed E-state index contributed by atoms with van der Waals surface area (Å²) in [5.74, 6) is -2.22. The van der Waals surface area contributed by atoms with E-state index in [2.05, 4.69) is 0 Å². The highest BCUT2D eigenvalue weighted by Gasteiger charge is 2.55. The van der Waals surface area contributed by atoms with Crippen LogP contribution >= 0.6 is 0 Å². The van der Waals surface area contributed by atoms with Crippen molar-refractivity contribution in [2.75, 3.05) is 0 Å². The molecule has 16 heavy (non-hydrogen) atoms. The van der Waals surface area contributed by atoms with Gasteiger partial charge in [-0.05, 0) is 37.5 Å². The highest BCUT2D eigenvalue weighted by Crippen LogP contribution is 2.55. The van der Waals surface area contributed by atoms with E-state index < -0.39 is 5.92 Å². The summed E-state index contributed by atoms with van der Waals surface area (Å²) < 4.78 is 32.0. The quantitative estimate of drug-likeness (QED) is 0.598. The second kappa shape index (κ2) is 3.17. The molecule has 0 aromatic heterocycles. The summed E-state index contributed by atoms with van der Waals surface area (Å²) >= 11 is 0. The number of fused-ring (bicyclic) bond motifs is 1. The Hall–Kier alpha value is -0.670. The summed E-state index contributed by atoms with van der Waals surface area (Å²) in [6.07, 6.45) is 3.30. The minimum absolute atomic E-state index is 0.00301. The number of alkyl halides is 2. The summed E-state index contributed by atoms with van der Waals surface area (Å²) in [6, 6.07) is 0. The number of hydrogen-bond acceptors (Lipinski definition) is 2. The fourth-order valence-corrected chi connectivity index (χ4v) is 3.79. The SMILES string of the molecule is O=C1CCC2(C[C@@H]3CCC(F)(F)C[C@H]3C2)O1. The predicted molar refractivity (Wildman–Crippen MR) is 53.1 cm³/mol. The van der Waals surface area contributed by atoms with Gasteiger partial charge in [-0.2, -0.15) is 0 Å². The molecular weight excluding hydrogens is 214 g/mol. The van der Waals surface area contributed by atoms with Crippen LogP contribution in [-0.4, -0.2) is 17.5 Å². The number of rotatable bonds is 0. The van der Waals surface area contributed by atoms with Gasteiger partial charge in [0.1, 0.15) is 5.60 Å². The standard InChI is InChI=1S/C12H16F2O2/c13-12(14)4-1-8-5-11(6-9(8)7-12)3-2-10(15)16-11/h8-9H,1-7H2/t8-,9+,11?/m0/s1. The average molecular weight is 230 g/mol. The molecule has 2 aliphatic carbocycles. The summed E-state index contributed by atoms with van der Waals surface area (Å²) in [7, 11) is 0. The van der Waals surface area contributed by atoms with E-state index in [-0.39, 0.29) is 30.3 Å². The number of esters is 1. The van der Waals surface area contributed by atoms with Crippen LogP contribution in [0.1, 0.15) is 44.9 Å². The van der Waals surface area contributed by atoms with E-state index in [9.17, 15) is 13.6 Å². The van der Waals surface area contributed by atoms with Crippen LogP contribution in [0.5, 0.6) is 0 Å². The van der Waals surface area contributed by atoms with E-state index in [0.717, 1.165) is 12.8 Å². The molecule has 2 saturated carbocycles. The molecule has 90 valence electrons. The monoisotopic (exact) mass is 230 g/mol. The van der Waals surface area contributed by atoms with Crippen molar-refractivity contribution < 1.29 is 18.3 Å². The molecule has 3 fully saturated rings. The molecule has 3 aliphatic rings. The Bertz CT molecular complexity index is 329. The molecule has 0 radical (unpaired) electrons. The Labute approximate surface area is 93.3 Å². The molecule has 3 atom stereocenters. The molecule has 0 aromatic rings. The van der Waals surface area contributed by atoms with Crippen molar-refractivity contribution in [2.45, 2.75) is 56.5 Å². The third kappa shape index (κ3) is 1.62. The maximum absolute atomic E-state index is 13.3. The van der Waals surface area contributed by atoms with Crippen molar-refractivity contribution in [3.63, 3.8) is 0 Å². The van der Waals surface area contributed by atoms with Crippen LogP contribution in [0.2, 0.25) is 0 Å². The molecule has 1 heterocycles. The summed E-state index contributed by atoms with van der Waals surface area (Å²) in [4.78, 5) is 11.2. The van der Waals surface area contributed by atoms with Gasteiger partial charge in [0.15, 0.2) is 0 Å². The van der Waals surface area contributed by atoms with Gasteiger partial charge in [0, 0.05) is 19.3 Å². The molecule has 0 amide bonds. The Balaban J connectivity index is 1.75. The van der Waals surface area contributed by atoms with Crippen LogP contribution in [0.4, 0.5) is 8.78 Å². The van der Waals surface area contributed by atoms with Crippen molar-refractivity contribution >= 4 is 5.97 Å². The first-order valence-electron chi connectivity index (χ1n) is 6.08. The Kier molecular flexibility index (Phi) is 2.08. The third-order valence-electron chi connectivity index (χ3n) is 4.49. The zero-order valence-electron chi connectivity index (χ0n) is 9.18. The van der Waals surface area contributed by atoms with Gasteiger partial charge in [0.25, 0.3) is 0 Å². The van der Waals surface area contributed by atoms with Gasteiger partial charge in [0.05, 0.1) is 0 Å². The van der Waals surface area contributed by atoms with Gasteiger partial charge in [-0.25, -0.2) is 8.78 Å². The van der Waals surface area contributed by atoms with Gasteiger partial charge in [-0.15, -0.1) is 0 Å². The number of hydrogen-bond donors (Lipinski definition) is 0. The lowest BCUT2D eigenvalue weighted by Crippen LogP contribution is -2.29. The second-order valence-corrected chi connectivity index (χ2v) is 5.68. The molecule has 2 nitrogen and oxygen atoms in total. The predicted octanol–water partition coefficient (Wildman–Crippen LogP) is 2.91. The van der Waals surface area contributed by atoms with E-state index in [4.69, 9.17) is 4.74 Å². The van der Waals surface area contributed by atoms with Gasteiger partial charge in [0.2, 0.25) is 5.92 Å². The minimum atomic E-state index is -2.49. The van der Waals surface area contributed by atoms with Crippen molar-refractivity contribution in [3.8, 4) is 0 Å². The van der Waals surface area contributed by atoms with E-state index in [0.29, 0.717) is 25.2 Å². The summed E-state index contributed by atoms with van der Waals surface area (Å²) in [5.41, 5.74) is -0.368. The molecule has 1 saturated heterocycles. The van der Waals surface area contributed by atoms with E-state index >= 15 is 0 Å². The average Bonchev–Trinajstić information content (AvgIpc) is 2.68. The van der Waals surface area contributed by atoms with Crippen LogP contribution in [0.25, 0.3) is 0 Å². The number of ether oxygens (including phenoxy) is 1. The van der Waals surface area contributed by atoms with E-state index in [1.165, 1.54) is 0 Å². The number of carbonyl (C=O) groups excluding carboxylic acids is 1. The largest absolute Gasteiger partial charge is 0.459 e. The van der Waals surface area contributed by atoms with Gasteiger partial charge < -0.3 is 4.74 Å². The fourth-order valence-electron chi connectivity index (χ4n) is 3.79. The fraction of sp³-hybridized carbons (Fsp3) is 0.917. The zero-order chi connectivity index (χ0) is 11.4. The van der Waals surface area contributed by atoms with Crippen LogP contribution < -0.4 is 0 Å². The normalized spacial score (nSPS) is 45.8. The van der Waals surface area contributed by atoms with Gasteiger partial charge in [-0.1, -0.05) is 0 Å². The van der Waals surface area contributed by atoms with Crippen LogP contribution in [0, 0.1) is 11.8 Å². The lowest BCUT2D eigenvalue weighted by Gasteiger charge is -2.30. The molecule has 1 aliphatic heterocycles. The molecule has 0 aromatic carbocycles. The summed E-state index contributed by atoms with van der Waals surface area (Å²) in [6.45, 7) is 0. The summed E-state index contributed by atoms with van der Waals surface area (Å²) in [5, 5.41) is 0. The minimum Gasteiger partial charge on any atom is -0.459 e. The van der Waals surface area contributed by atoms with Crippen LogP contribution in [-0.2, 0) is 9.53 Å². The van der Waals surface area contributed by atoms with Crippen LogP contribution in [0.3, 0.4) is 0 Å².